The summed E-state index contributed by atoms with van der Waals surface area (Å²) in [7, 11) is -0.224. The molecule has 5 rings (SSSR count). The third-order valence-corrected chi connectivity index (χ3v) is 7.65. The smallest absolute Gasteiger partial charge is 0.00233 e. The highest BCUT2D eigenvalue weighted by Crippen LogP contribution is 2.50. The Hall–Kier alpha value is -2.43. The molecule has 0 aromatic heterocycles. The molecule has 1 heterocycles. The summed E-state index contributed by atoms with van der Waals surface area (Å²) in [6.45, 7) is 0. The minimum Gasteiger partial charge on any atom is -0.0656 e. The predicted octanol–water partition coefficient (Wildman–Crippen LogP) is 6.33. The Balaban J connectivity index is 1.63. The first kappa shape index (κ1) is 14.9. The van der Waals surface area contributed by atoms with Crippen LogP contribution in [0.3, 0.4) is 0 Å². The van der Waals surface area contributed by atoms with Gasteiger partial charge in [0.2, 0.25) is 0 Å². The minimum atomic E-state index is -0.224. The summed E-state index contributed by atoms with van der Waals surface area (Å²) < 4.78 is 0. The molecule has 0 spiro atoms. The van der Waals surface area contributed by atoms with Crippen LogP contribution in [0.2, 0.25) is 0 Å². The van der Waals surface area contributed by atoms with E-state index in [4.69, 9.17) is 0 Å². The molecule has 0 aliphatic carbocycles. The second kappa shape index (κ2) is 6.14. The van der Waals surface area contributed by atoms with Gasteiger partial charge in [-0.05, 0) is 50.7 Å². The first-order valence-corrected chi connectivity index (χ1v) is 10.5. The van der Waals surface area contributed by atoms with Crippen molar-refractivity contribution in [3.05, 3.63) is 102 Å². The number of hydrogen-bond acceptors (Lipinski definition) is 0. The van der Waals surface area contributed by atoms with Crippen LogP contribution < -0.4 is 5.30 Å². The number of benzene rings is 4. The molecule has 0 radical (unpaired) electrons. The van der Waals surface area contributed by atoms with E-state index in [1.807, 2.05) is 0 Å². The van der Waals surface area contributed by atoms with Crippen LogP contribution in [-0.4, -0.2) is 0 Å². The molecule has 0 N–H and O–H groups in total. The minimum absolute atomic E-state index is 0.224. The van der Waals surface area contributed by atoms with Crippen LogP contribution in [0.1, 0.15) is 11.1 Å². The molecule has 1 aliphatic heterocycles. The summed E-state index contributed by atoms with van der Waals surface area (Å²) >= 11 is 0. The van der Waals surface area contributed by atoms with Crippen molar-refractivity contribution in [3.63, 3.8) is 0 Å². The lowest BCUT2D eigenvalue weighted by molar-refractivity contribution is 1.31. The van der Waals surface area contributed by atoms with Crippen LogP contribution in [-0.2, 0) is 12.3 Å². The van der Waals surface area contributed by atoms with Crippen molar-refractivity contribution in [2.75, 3.05) is 0 Å². The quantitative estimate of drug-likeness (QED) is 0.375. The molecule has 0 bridgehead atoms. The molecule has 0 unspecified atom stereocenters. The standard InChI is InChI=1S/C24H19P/c1-2-8-18(9-3-1)22-14-4-5-15-23(22)25-16-20-12-6-10-19-11-7-13-21(17-25)24(19)20/h1-15H,16-17H2. The number of rotatable bonds is 2. The highest BCUT2D eigenvalue weighted by atomic mass is 31.1. The Morgan fingerprint density at radius 1 is 0.560 bits per heavy atom. The summed E-state index contributed by atoms with van der Waals surface area (Å²) in [6, 6.07) is 33.4. The molecular weight excluding hydrogens is 319 g/mol. The summed E-state index contributed by atoms with van der Waals surface area (Å²) in [6.07, 6.45) is 2.38. The van der Waals surface area contributed by atoms with Gasteiger partial charge in [0.15, 0.2) is 0 Å². The maximum absolute atomic E-state index is 2.35. The van der Waals surface area contributed by atoms with Crippen LogP contribution in [0.5, 0.6) is 0 Å². The van der Waals surface area contributed by atoms with Gasteiger partial charge in [0.25, 0.3) is 0 Å². The van der Waals surface area contributed by atoms with Crippen LogP contribution in [0, 0.1) is 0 Å². The largest absolute Gasteiger partial charge is 0.0656 e. The Labute approximate surface area is 149 Å². The number of hydrogen-bond donors (Lipinski definition) is 0. The van der Waals surface area contributed by atoms with E-state index in [1.54, 1.807) is 0 Å². The summed E-state index contributed by atoms with van der Waals surface area (Å²) in [4.78, 5) is 0. The predicted molar refractivity (Wildman–Crippen MR) is 110 cm³/mol. The molecule has 0 fully saturated rings. The average Bonchev–Trinajstić information content (AvgIpc) is 2.69. The van der Waals surface area contributed by atoms with Crippen LogP contribution >= 0.6 is 7.92 Å². The van der Waals surface area contributed by atoms with E-state index in [9.17, 15) is 0 Å². The van der Waals surface area contributed by atoms with Crippen molar-refractivity contribution in [1.29, 1.82) is 0 Å². The van der Waals surface area contributed by atoms with E-state index in [-0.39, 0.29) is 7.92 Å². The Morgan fingerprint density at radius 3 is 1.92 bits per heavy atom. The lowest BCUT2D eigenvalue weighted by Crippen LogP contribution is -2.11. The topological polar surface area (TPSA) is 0 Å². The van der Waals surface area contributed by atoms with E-state index in [1.165, 1.54) is 50.7 Å². The van der Waals surface area contributed by atoms with Crippen molar-refractivity contribution >= 4 is 24.0 Å². The van der Waals surface area contributed by atoms with Gasteiger partial charge in [-0.3, -0.25) is 0 Å². The maximum Gasteiger partial charge on any atom is -0.00233 e. The lowest BCUT2D eigenvalue weighted by Gasteiger charge is -2.28. The van der Waals surface area contributed by atoms with Gasteiger partial charge in [-0.1, -0.05) is 98.9 Å². The highest BCUT2D eigenvalue weighted by Gasteiger charge is 2.23. The van der Waals surface area contributed by atoms with Crippen molar-refractivity contribution in [2.45, 2.75) is 12.3 Å². The fourth-order valence-electron chi connectivity index (χ4n) is 4.01. The highest BCUT2D eigenvalue weighted by molar-refractivity contribution is 7.64. The van der Waals surface area contributed by atoms with Crippen LogP contribution in [0.25, 0.3) is 21.9 Å². The summed E-state index contributed by atoms with van der Waals surface area (Å²) in [5.41, 5.74) is 5.78. The monoisotopic (exact) mass is 338 g/mol. The van der Waals surface area contributed by atoms with E-state index >= 15 is 0 Å². The van der Waals surface area contributed by atoms with E-state index in [0.29, 0.717) is 0 Å². The molecule has 1 heteroatoms. The van der Waals surface area contributed by atoms with Gasteiger partial charge < -0.3 is 0 Å². The Kier molecular flexibility index (Phi) is 3.65. The third kappa shape index (κ3) is 2.58. The van der Waals surface area contributed by atoms with Crippen LogP contribution in [0.15, 0.2) is 91.0 Å². The summed E-state index contributed by atoms with van der Waals surface area (Å²) in [5.74, 6) is 0. The van der Waals surface area contributed by atoms with Crippen molar-refractivity contribution in [2.24, 2.45) is 0 Å². The first-order chi connectivity index (χ1) is 12.4. The fourth-order valence-corrected chi connectivity index (χ4v) is 6.66. The molecule has 1 aliphatic rings. The van der Waals surface area contributed by atoms with E-state index in [2.05, 4.69) is 91.0 Å². The molecule has 0 amide bonds. The average molecular weight is 338 g/mol. The van der Waals surface area contributed by atoms with Gasteiger partial charge in [0.05, 0.1) is 0 Å². The third-order valence-electron chi connectivity index (χ3n) is 5.13. The zero-order chi connectivity index (χ0) is 16.6. The zero-order valence-electron chi connectivity index (χ0n) is 14.0. The van der Waals surface area contributed by atoms with Crippen LogP contribution in [0.4, 0.5) is 0 Å². The Bertz CT molecular complexity index is 1010. The van der Waals surface area contributed by atoms with Gasteiger partial charge in [-0.25, -0.2) is 0 Å². The lowest BCUT2D eigenvalue weighted by atomic mass is 10.0. The molecule has 0 saturated heterocycles. The van der Waals surface area contributed by atoms with Crippen molar-refractivity contribution in [3.8, 4) is 11.1 Å². The van der Waals surface area contributed by atoms with Crippen molar-refractivity contribution in [1.82, 2.24) is 0 Å². The Morgan fingerprint density at radius 2 is 1.20 bits per heavy atom. The first-order valence-electron chi connectivity index (χ1n) is 8.79. The van der Waals surface area contributed by atoms with Gasteiger partial charge in [0, 0.05) is 0 Å². The fraction of sp³-hybridized carbons (Fsp3) is 0.0833. The molecular formula is C24H19P. The normalized spacial score (nSPS) is 13.9. The maximum atomic E-state index is 2.35. The molecule has 120 valence electrons. The molecule has 4 aromatic rings. The molecule has 0 saturated carbocycles. The van der Waals surface area contributed by atoms with E-state index < -0.39 is 0 Å². The molecule has 0 nitrogen and oxygen atoms in total. The van der Waals surface area contributed by atoms with Gasteiger partial charge in [0.1, 0.15) is 0 Å². The van der Waals surface area contributed by atoms with Gasteiger partial charge in [-0.15, -0.1) is 0 Å². The molecule has 25 heavy (non-hydrogen) atoms. The SMILES string of the molecule is c1ccc(-c2ccccc2P2Cc3cccc4cccc(c34)C2)cc1. The van der Waals surface area contributed by atoms with Crippen molar-refractivity contribution < 1.29 is 0 Å². The van der Waals surface area contributed by atoms with E-state index in [0.717, 1.165) is 0 Å². The molecule has 0 atom stereocenters. The van der Waals surface area contributed by atoms with Gasteiger partial charge in [-0.2, -0.15) is 0 Å². The summed E-state index contributed by atoms with van der Waals surface area (Å²) in [5, 5.41) is 4.43. The molecule has 4 aromatic carbocycles. The zero-order valence-corrected chi connectivity index (χ0v) is 14.9. The second-order valence-corrected chi connectivity index (χ2v) is 8.87. The second-order valence-electron chi connectivity index (χ2n) is 6.67. The van der Waals surface area contributed by atoms with Gasteiger partial charge >= 0.3 is 0 Å².